The Morgan fingerprint density at radius 3 is 2.54 bits per heavy atom. The minimum Gasteiger partial charge on any atom is -0.393 e. The summed E-state index contributed by atoms with van der Waals surface area (Å²) in [6.45, 7) is 0.0805. The third-order valence-corrected chi connectivity index (χ3v) is 4.64. The summed E-state index contributed by atoms with van der Waals surface area (Å²) in [7, 11) is 0. The molecule has 2 aliphatic rings. The molecule has 1 amide bonds. The Morgan fingerprint density at radius 1 is 1.21 bits per heavy atom. The number of carbonyl (C=O) groups excluding carboxylic acids is 1. The number of rotatable bonds is 4. The number of aliphatic hydroxyl groups excluding tert-OH is 1. The average Bonchev–Trinajstić information content (AvgIpc) is 2.84. The van der Waals surface area contributed by atoms with Gasteiger partial charge in [0.2, 0.25) is 0 Å². The lowest BCUT2D eigenvalue weighted by Crippen LogP contribution is -2.48. The van der Waals surface area contributed by atoms with Crippen molar-refractivity contribution >= 4 is 11.6 Å². The summed E-state index contributed by atoms with van der Waals surface area (Å²) >= 11 is 0. The normalized spacial score (nSPS) is 24.9. The van der Waals surface area contributed by atoms with E-state index in [2.05, 4.69) is 20.1 Å². The van der Waals surface area contributed by atoms with Gasteiger partial charge in [0.1, 0.15) is 0 Å². The molecule has 3 atom stereocenters. The van der Waals surface area contributed by atoms with E-state index in [4.69, 9.17) is 11.1 Å². The van der Waals surface area contributed by atoms with Crippen LogP contribution in [0.2, 0.25) is 0 Å². The van der Waals surface area contributed by atoms with Crippen LogP contribution in [0.4, 0.5) is 5.69 Å². The predicted molar refractivity (Wildman–Crippen MR) is 86.3 cm³/mol. The number of azide groups is 2. The molecule has 1 N–H and O–H groups in total. The number of benzene rings is 1. The third-order valence-electron chi connectivity index (χ3n) is 4.64. The first kappa shape index (κ1) is 16.1. The van der Waals surface area contributed by atoms with Crippen molar-refractivity contribution in [3.8, 4) is 0 Å². The van der Waals surface area contributed by atoms with E-state index in [0.29, 0.717) is 29.7 Å². The van der Waals surface area contributed by atoms with E-state index < -0.39 is 0 Å². The second-order valence-corrected chi connectivity index (χ2v) is 6.19. The van der Waals surface area contributed by atoms with E-state index in [-0.39, 0.29) is 30.6 Å². The van der Waals surface area contributed by atoms with Gasteiger partial charge in [-0.2, -0.15) is 0 Å². The Hall–Kier alpha value is -2.73. The number of amides is 1. The van der Waals surface area contributed by atoms with Crippen LogP contribution in [-0.2, 0) is 6.54 Å². The van der Waals surface area contributed by atoms with Crippen molar-refractivity contribution in [2.45, 2.75) is 50.4 Å². The molecule has 1 aromatic rings. The summed E-state index contributed by atoms with van der Waals surface area (Å²) in [5.41, 5.74) is 18.4. The van der Waals surface area contributed by atoms with E-state index in [9.17, 15) is 9.90 Å². The van der Waals surface area contributed by atoms with Crippen molar-refractivity contribution in [1.29, 1.82) is 0 Å². The van der Waals surface area contributed by atoms with Crippen LogP contribution in [0, 0.1) is 0 Å². The minimum absolute atomic E-state index is 0.0509. The largest absolute Gasteiger partial charge is 0.393 e. The van der Waals surface area contributed by atoms with E-state index >= 15 is 0 Å². The molecule has 1 aromatic carbocycles. The van der Waals surface area contributed by atoms with Crippen molar-refractivity contribution < 1.29 is 9.90 Å². The fraction of sp³-hybridized carbons (Fsp3) is 0.533. The molecular formula is C15H17N7O2. The average molecular weight is 327 g/mol. The zero-order chi connectivity index (χ0) is 17.1. The molecule has 2 heterocycles. The highest BCUT2D eigenvalue weighted by atomic mass is 16.3. The van der Waals surface area contributed by atoms with Gasteiger partial charge in [0, 0.05) is 33.2 Å². The summed E-state index contributed by atoms with van der Waals surface area (Å²) in [6, 6.07) is 4.91. The highest BCUT2D eigenvalue weighted by Gasteiger charge is 2.42. The van der Waals surface area contributed by atoms with Gasteiger partial charge in [-0.15, -0.1) is 0 Å². The van der Waals surface area contributed by atoms with Crippen LogP contribution in [0.3, 0.4) is 0 Å². The molecule has 1 unspecified atom stereocenters. The highest BCUT2D eigenvalue weighted by molar-refractivity contribution is 5.96. The summed E-state index contributed by atoms with van der Waals surface area (Å²) in [6.07, 6.45) is 2.65. The van der Waals surface area contributed by atoms with Crippen molar-refractivity contribution in [3.63, 3.8) is 0 Å². The smallest absolute Gasteiger partial charge is 0.254 e. The Balaban J connectivity index is 1.92. The third kappa shape index (κ3) is 3.14. The molecule has 24 heavy (non-hydrogen) atoms. The summed E-state index contributed by atoms with van der Waals surface area (Å²) in [5, 5.41) is 16.9. The molecule has 0 saturated carbocycles. The van der Waals surface area contributed by atoms with E-state index in [1.807, 2.05) is 4.90 Å². The van der Waals surface area contributed by atoms with Gasteiger partial charge < -0.3 is 10.0 Å². The van der Waals surface area contributed by atoms with E-state index in [0.717, 1.165) is 12.8 Å². The van der Waals surface area contributed by atoms with Gasteiger partial charge in [0.15, 0.2) is 0 Å². The van der Waals surface area contributed by atoms with Gasteiger partial charge in [-0.1, -0.05) is 10.2 Å². The number of piperidine rings is 1. The van der Waals surface area contributed by atoms with Gasteiger partial charge in [-0.3, -0.25) is 4.79 Å². The van der Waals surface area contributed by atoms with Crippen LogP contribution in [0.15, 0.2) is 28.4 Å². The van der Waals surface area contributed by atoms with Crippen LogP contribution < -0.4 is 0 Å². The van der Waals surface area contributed by atoms with Crippen LogP contribution in [0.25, 0.3) is 20.9 Å². The summed E-state index contributed by atoms with van der Waals surface area (Å²) in [5.74, 6) is -0.133. The van der Waals surface area contributed by atoms with Crippen molar-refractivity contribution in [2.75, 3.05) is 0 Å². The Bertz CT molecular complexity index is 738. The van der Waals surface area contributed by atoms with Crippen molar-refractivity contribution in [2.24, 2.45) is 10.2 Å². The zero-order valence-electron chi connectivity index (χ0n) is 13.0. The molecule has 3 rings (SSSR count). The summed E-state index contributed by atoms with van der Waals surface area (Å²) < 4.78 is 0. The fourth-order valence-electron chi connectivity index (χ4n) is 3.74. The number of fused-ring (bicyclic) bond motifs is 2. The maximum Gasteiger partial charge on any atom is 0.254 e. The molecule has 0 radical (unpaired) electrons. The summed E-state index contributed by atoms with van der Waals surface area (Å²) in [4.78, 5) is 20.3. The monoisotopic (exact) mass is 327 g/mol. The van der Waals surface area contributed by atoms with Crippen molar-refractivity contribution in [1.82, 2.24) is 4.90 Å². The molecule has 2 saturated heterocycles. The molecule has 9 heteroatoms. The molecule has 2 bridgehead atoms. The van der Waals surface area contributed by atoms with E-state index in [1.54, 1.807) is 18.2 Å². The lowest BCUT2D eigenvalue weighted by atomic mass is 9.98. The first-order valence-corrected chi connectivity index (χ1v) is 7.83. The van der Waals surface area contributed by atoms with Crippen LogP contribution in [-0.4, -0.2) is 34.1 Å². The number of nitrogens with zero attached hydrogens (tertiary/aromatic N) is 7. The molecule has 0 aromatic heterocycles. The first-order chi connectivity index (χ1) is 11.6. The standard InChI is InChI=1S/C15H17N7O2/c16-20-18-8-9-3-10(5-11(4-9)19-21-17)15(24)22-12-1-2-13(22)7-14(23)6-12/h3-5,12-14,23H,1-2,6-8H2/t12-,13+,14?. The number of carbonyl (C=O) groups is 1. The zero-order valence-corrected chi connectivity index (χ0v) is 13.0. The molecule has 124 valence electrons. The quantitative estimate of drug-likeness (QED) is 0.513. The topological polar surface area (TPSA) is 138 Å². The second kappa shape index (κ2) is 6.80. The van der Waals surface area contributed by atoms with Gasteiger partial charge in [-0.25, -0.2) is 0 Å². The van der Waals surface area contributed by atoms with Crippen molar-refractivity contribution in [3.05, 3.63) is 50.2 Å². The SMILES string of the molecule is [N-]=[N+]=NCc1cc(N=[N+]=[N-])cc(C(=O)N2[C@@H]3CC[C@H]2CC(O)C3)c1. The second-order valence-electron chi connectivity index (χ2n) is 6.19. The lowest BCUT2D eigenvalue weighted by Gasteiger charge is -2.37. The molecule has 9 nitrogen and oxygen atoms in total. The molecule has 2 fully saturated rings. The molecule has 0 aliphatic carbocycles. The number of hydrogen-bond donors (Lipinski definition) is 1. The van der Waals surface area contributed by atoms with Crippen LogP contribution in [0.1, 0.15) is 41.6 Å². The number of aliphatic hydroxyl groups is 1. The van der Waals surface area contributed by atoms with Crippen LogP contribution >= 0.6 is 0 Å². The first-order valence-electron chi connectivity index (χ1n) is 7.83. The van der Waals surface area contributed by atoms with Gasteiger partial charge >= 0.3 is 0 Å². The fourth-order valence-corrected chi connectivity index (χ4v) is 3.74. The van der Waals surface area contributed by atoms with Gasteiger partial charge in [0.05, 0.1) is 12.6 Å². The van der Waals surface area contributed by atoms with Crippen LogP contribution in [0.5, 0.6) is 0 Å². The van der Waals surface area contributed by atoms with Gasteiger partial charge in [-0.05, 0) is 60.5 Å². The Morgan fingerprint density at radius 2 is 1.92 bits per heavy atom. The minimum atomic E-state index is -0.346. The molecular weight excluding hydrogens is 310 g/mol. The Kier molecular flexibility index (Phi) is 4.57. The molecule has 2 aliphatic heterocycles. The number of hydrogen-bond acceptors (Lipinski definition) is 4. The van der Waals surface area contributed by atoms with E-state index in [1.165, 1.54) is 0 Å². The maximum absolute atomic E-state index is 13.0. The predicted octanol–water partition coefficient (Wildman–Crippen LogP) is 3.57. The maximum atomic E-state index is 13.0. The highest BCUT2D eigenvalue weighted by Crippen LogP contribution is 2.37. The van der Waals surface area contributed by atoms with Gasteiger partial charge in [0.25, 0.3) is 5.91 Å². The lowest BCUT2D eigenvalue weighted by molar-refractivity contribution is 0.0287. The Labute approximate surface area is 138 Å². The molecule has 0 spiro atoms.